The number of nitrogens with zero attached hydrogens (tertiary/aromatic N) is 1. The number of fused-ring (bicyclic) bond motifs is 1. The van der Waals surface area contributed by atoms with Crippen LogP contribution in [0.4, 0.5) is 0 Å². The van der Waals surface area contributed by atoms with Crippen molar-refractivity contribution >= 4 is 40.3 Å². The smallest absolute Gasteiger partial charge is 0.308 e. The highest BCUT2D eigenvalue weighted by atomic mass is 35.5. The SMILES string of the molecule is COc1cc(/C=C(/CC(=O)O)c2nc3ccccc3o2)cc(Cl)c1OC(C)C. The van der Waals surface area contributed by atoms with Crippen LogP contribution in [0.5, 0.6) is 11.5 Å². The standard InChI is InChI=1S/C21H20ClNO5/c1-12(2)27-20-15(22)9-13(10-18(20)26-3)8-14(11-19(24)25)21-23-16-6-4-5-7-17(16)28-21/h4-10,12H,11H2,1-3H3,(H,24,25)/b14-8-. The van der Waals surface area contributed by atoms with Crippen molar-refractivity contribution in [3.63, 3.8) is 0 Å². The molecule has 0 radical (unpaired) electrons. The summed E-state index contributed by atoms with van der Waals surface area (Å²) in [4.78, 5) is 15.8. The van der Waals surface area contributed by atoms with Crippen molar-refractivity contribution in [1.29, 1.82) is 0 Å². The lowest BCUT2D eigenvalue weighted by molar-refractivity contribution is -0.135. The molecular weight excluding hydrogens is 382 g/mol. The summed E-state index contributed by atoms with van der Waals surface area (Å²) >= 11 is 6.37. The molecule has 1 heterocycles. The van der Waals surface area contributed by atoms with Gasteiger partial charge in [-0.05, 0) is 49.8 Å². The van der Waals surface area contributed by atoms with Crippen LogP contribution in [0, 0.1) is 0 Å². The number of hydrogen-bond acceptors (Lipinski definition) is 5. The zero-order valence-electron chi connectivity index (χ0n) is 15.7. The summed E-state index contributed by atoms with van der Waals surface area (Å²) < 4.78 is 16.8. The fraction of sp³-hybridized carbons (Fsp3) is 0.238. The molecule has 0 aliphatic rings. The van der Waals surface area contributed by atoms with E-state index in [1.54, 1.807) is 30.3 Å². The molecule has 1 aromatic heterocycles. The minimum atomic E-state index is -0.994. The van der Waals surface area contributed by atoms with Crippen LogP contribution in [0.15, 0.2) is 40.8 Å². The summed E-state index contributed by atoms with van der Waals surface area (Å²) in [6.07, 6.45) is 1.35. The number of carboxylic acids is 1. The maximum Gasteiger partial charge on any atom is 0.308 e. The second kappa shape index (κ2) is 8.35. The highest BCUT2D eigenvalue weighted by Crippen LogP contribution is 2.38. The Kier molecular flexibility index (Phi) is 5.90. The lowest BCUT2D eigenvalue weighted by atomic mass is 10.1. The number of carboxylic acid groups (broad SMARTS) is 1. The van der Waals surface area contributed by atoms with Gasteiger partial charge in [-0.1, -0.05) is 23.7 Å². The third kappa shape index (κ3) is 4.46. The molecule has 146 valence electrons. The van der Waals surface area contributed by atoms with E-state index < -0.39 is 5.97 Å². The van der Waals surface area contributed by atoms with Gasteiger partial charge < -0.3 is 19.0 Å². The van der Waals surface area contributed by atoms with Crippen molar-refractivity contribution in [2.24, 2.45) is 0 Å². The summed E-state index contributed by atoms with van der Waals surface area (Å²) in [5, 5.41) is 9.68. The average molecular weight is 402 g/mol. The van der Waals surface area contributed by atoms with Crippen LogP contribution >= 0.6 is 11.6 Å². The second-order valence-corrected chi connectivity index (χ2v) is 6.83. The molecule has 6 nitrogen and oxygen atoms in total. The van der Waals surface area contributed by atoms with Gasteiger partial charge in [-0.3, -0.25) is 4.79 Å². The zero-order valence-corrected chi connectivity index (χ0v) is 16.5. The van der Waals surface area contributed by atoms with Gasteiger partial charge in [0.25, 0.3) is 0 Å². The Morgan fingerprint density at radius 1 is 1.32 bits per heavy atom. The van der Waals surface area contributed by atoms with Crippen molar-refractivity contribution in [2.45, 2.75) is 26.4 Å². The Morgan fingerprint density at radius 3 is 2.71 bits per heavy atom. The van der Waals surface area contributed by atoms with Crippen molar-refractivity contribution in [1.82, 2.24) is 4.98 Å². The highest BCUT2D eigenvalue weighted by molar-refractivity contribution is 6.32. The quantitative estimate of drug-likeness (QED) is 0.579. The first-order valence-electron chi connectivity index (χ1n) is 8.70. The Morgan fingerprint density at radius 2 is 2.07 bits per heavy atom. The fourth-order valence-electron chi connectivity index (χ4n) is 2.74. The van der Waals surface area contributed by atoms with E-state index in [4.69, 9.17) is 25.5 Å². The van der Waals surface area contributed by atoms with Crippen molar-refractivity contribution in [3.05, 3.63) is 52.9 Å². The van der Waals surface area contributed by atoms with E-state index in [2.05, 4.69) is 4.98 Å². The van der Waals surface area contributed by atoms with Crippen LogP contribution in [-0.4, -0.2) is 29.3 Å². The van der Waals surface area contributed by atoms with Crippen LogP contribution in [0.25, 0.3) is 22.7 Å². The molecule has 0 aliphatic carbocycles. The number of methoxy groups -OCH3 is 1. The molecule has 0 amide bonds. The van der Waals surface area contributed by atoms with E-state index in [9.17, 15) is 9.90 Å². The third-order valence-corrected chi connectivity index (χ3v) is 4.14. The summed E-state index contributed by atoms with van der Waals surface area (Å²) in [7, 11) is 1.52. The Hall–Kier alpha value is -2.99. The van der Waals surface area contributed by atoms with Gasteiger partial charge in [0.2, 0.25) is 5.89 Å². The van der Waals surface area contributed by atoms with Crippen molar-refractivity contribution < 1.29 is 23.8 Å². The number of para-hydroxylation sites is 2. The lowest BCUT2D eigenvalue weighted by Gasteiger charge is -2.16. The maximum atomic E-state index is 11.4. The van der Waals surface area contributed by atoms with Gasteiger partial charge in [-0.25, -0.2) is 4.98 Å². The fourth-order valence-corrected chi connectivity index (χ4v) is 3.00. The van der Waals surface area contributed by atoms with E-state index in [-0.39, 0.29) is 18.4 Å². The largest absolute Gasteiger partial charge is 0.493 e. The van der Waals surface area contributed by atoms with Gasteiger partial charge in [0.1, 0.15) is 5.52 Å². The molecule has 3 aromatic rings. The van der Waals surface area contributed by atoms with E-state index in [0.29, 0.717) is 38.8 Å². The molecule has 0 aliphatic heterocycles. The van der Waals surface area contributed by atoms with Crippen LogP contribution in [0.2, 0.25) is 5.02 Å². The predicted octanol–water partition coefficient (Wildman–Crippen LogP) is 5.29. The molecule has 0 fully saturated rings. The van der Waals surface area contributed by atoms with E-state index in [0.717, 1.165) is 0 Å². The number of rotatable bonds is 7. The lowest BCUT2D eigenvalue weighted by Crippen LogP contribution is -2.07. The summed E-state index contributed by atoms with van der Waals surface area (Å²) in [5.74, 6) is 0.158. The molecule has 0 saturated carbocycles. The molecule has 0 unspecified atom stereocenters. The maximum absolute atomic E-state index is 11.4. The van der Waals surface area contributed by atoms with Crippen LogP contribution in [-0.2, 0) is 4.79 Å². The molecule has 0 spiro atoms. The van der Waals surface area contributed by atoms with Crippen LogP contribution in [0.3, 0.4) is 0 Å². The minimum Gasteiger partial charge on any atom is -0.493 e. The van der Waals surface area contributed by atoms with Crippen molar-refractivity contribution in [3.8, 4) is 11.5 Å². The molecule has 0 atom stereocenters. The first-order valence-corrected chi connectivity index (χ1v) is 9.07. The number of halogens is 1. The van der Waals surface area contributed by atoms with Crippen LogP contribution < -0.4 is 9.47 Å². The normalized spacial score (nSPS) is 11.8. The topological polar surface area (TPSA) is 81.8 Å². The summed E-state index contributed by atoms with van der Waals surface area (Å²) in [6, 6.07) is 10.7. The molecule has 3 rings (SSSR count). The number of ether oxygens (including phenoxy) is 2. The van der Waals surface area contributed by atoms with Crippen molar-refractivity contribution in [2.75, 3.05) is 7.11 Å². The second-order valence-electron chi connectivity index (χ2n) is 6.43. The van der Waals surface area contributed by atoms with Gasteiger partial charge in [-0.2, -0.15) is 0 Å². The van der Waals surface area contributed by atoms with E-state index >= 15 is 0 Å². The van der Waals surface area contributed by atoms with Crippen LogP contribution in [0.1, 0.15) is 31.7 Å². The molecule has 2 aromatic carbocycles. The number of carbonyl (C=O) groups is 1. The molecule has 28 heavy (non-hydrogen) atoms. The predicted molar refractivity (Wildman–Crippen MR) is 108 cm³/mol. The summed E-state index contributed by atoms with van der Waals surface area (Å²) in [5.41, 5.74) is 2.31. The monoisotopic (exact) mass is 401 g/mol. The molecule has 7 heteroatoms. The van der Waals surface area contributed by atoms with Gasteiger partial charge >= 0.3 is 5.97 Å². The molecule has 0 bridgehead atoms. The third-order valence-electron chi connectivity index (χ3n) is 3.86. The zero-order chi connectivity index (χ0) is 20.3. The number of hydrogen-bond donors (Lipinski definition) is 1. The molecule has 0 saturated heterocycles. The first kappa shape index (κ1) is 19.8. The van der Waals surface area contributed by atoms with E-state index in [1.165, 1.54) is 7.11 Å². The van der Waals surface area contributed by atoms with Gasteiger partial charge in [0.05, 0.1) is 24.7 Å². The molecular formula is C21H20ClNO5. The number of oxazole rings is 1. The Balaban J connectivity index is 2.07. The molecule has 1 N–H and O–H groups in total. The number of aromatic nitrogens is 1. The van der Waals surface area contributed by atoms with E-state index in [1.807, 2.05) is 26.0 Å². The average Bonchev–Trinajstić information content (AvgIpc) is 3.06. The minimum absolute atomic E-state index is 0.0740. The summed E-state index contributed by atoms with van der Waals surface area (Å²) in [6.45, 7) is 3.78. The highest BCUT2D eigenvalue weighted by Gasteiger charge is 2.17. The Bertz CT molecular complexity index is 1010. The van der Waals surface area contributed by atoms with Gasteiger partial charge in [0, 0.05) is 5.57 Å². The number of benzene rings is 2. The van der Waals surface area contributed by atoms with Gasteiger partial charge in [-0.15, -0.1) is 0 Å². The van der Waals surface area contributed by atoms with Gasteiger partial charge in [0.15, 0.2) is 17.1 Å². The number of aliphatic carboxylic acids is 1. The first-order chi connectivity index (χ1) is 13.4. The Labute approximate surface area is 167 Å².